The third-order valence-electron chi connectivity index (χ3n) is 5.81. The Labute approximate surface area is 186 Å². The lowest BCUT2D eigenvalue weighted by Gasteiger charge is -2.20. The number of aromatic hydroxyl groups is 1. The summed E-state index contributed by atoms with van der Waals surface area (Å²) in [5.41, 5.74) is 3.12. The lowest BCUT2D eigenvalue weighted by atomic mass is 9.99. The van der Waals surface area contributed by atoms with Crippen LogP contribution in [-0.4, -0.2) is 28.1 Å². The highest BCUT2D eigenvalue weighted by Gasteiger charge is 2.24. The van der Waals surface area contributed by atoms with Gasteiger partial charge in [0.05, 0.1) is 21.2 Å². The second-order valence-electron chi connectivity index (χ2n) is 8.16. The number of hydrogen-bond donors (Lipinski definition) is 1. The van der Waals surface area contributed by atoms with Crippen LogP contribution in [0.3, 0.4) is 0 Å². The molecular weight excluding hydrogens is 408 g/mol. The van der Waals surface area contributed by atoms with E-state index in [1.807, 2.05) is 45.0 Å². The Balaban J connectivity index is 2.01. The van der Waals surface area contributed by atoms with Gasteiger partial charge in [-0.15, -0.1) is 11.3 Å². The van der Waals surface area contributed by atoms with E-state index in [0.717, 1.165) is 28.9 Å². The SMILES string of the molecule is CCN(CC)Cc1cc2c(=O)c(-c3nc4ccccc4s3)c(C(C)C)oc2c(C)c1O. The number of rotatable bonds is 6. The van der Waals surface area contributed by atoms with E-state index < -0.39 is 0 Å². The molecule has 5 nitrogen and oxygen atoms in total. The molecule has 0 saturated carbocycles. The maximum atomic E-state index is 13.8. The maximum Gasteiger partial charge on any atom is 0.203 e. The topological polar surface area (TPSA) is 66.6 Å². The first kappa shape index (κ1) is 21.5. The molecule has 0 aliphatic heterocycles. The van der Waals surface area contributed by atoms with Crippen molar-refractivity contribution in [2.75, 3.05) is 13.1 Å². The summed E-state index contributed by atoms with van der Waals surface area (Å²) in [6.07, 6.45) is 0. The van der Waals surface area contributed by atoms with Crippen molar-refractivity contribution in [2.24, 2.45) is 0 Å². The van der Waals surface area contributed by atoms with Gasteiger partial charge in [-0.25, -0.2) is 4.98 Å². The van der Waals surface area contributed by atoms with E-state index >= 15 is 0 Å². The van der Waals surface area contributed by atoms with E-state index in [2.05, 4.69) is 18.7 Å². The van der Waals surface area contributed by atoms with Crippen LogP contribution in [-0.2, 0) is 6.54 Å². The van der Waals surface area contributed by atoms with Gasteiger partial charge in [0.1, 0.15) is 22.1 Å². The number of nitrogens with zero attached hydrogens (tertiary/aromatic N) is 2. The molecule has 2 heterocycles. The van der Waals surface area contributed by atoms with Gasteiger partial charge in [-0.3, -0.25) is 9.69 Å². The molecule has 4 aromatic rings. The molecule has 0 atom stereocenters. The standard InChI is InChI=1S/C25H28N2O3S/c1-6-27(7-2)13-16-12-17-22(29)20(25-26-18-10-8-9-11-19(18)31-25)23(14(3)4)30-24(17)15(5)21(16)28/h8-12,14,28H,6-7,13H2,1-5H3. The van der Waals surface area contributed by atoms with Gasteiger partial charge < -0.3 is 9.52 Å². The molecule has 31 heavy (non-hydrogen) atoms. The smallest absolute Gasteiger partial charge is 0.203 e. The van der Waals surface area contributed by atoms with Gasteiger partial charge in [0.2, 0.25) is 5.43 Å². The zero-order chi connectivity index (χ0) is 22.3. The summed E-state index contributed by atoms with van der Waals surface area (Å²) < 4.78 is 7.34. The minimum absolute atomic E-state index is 0.00370. The Morgan fingerprint density at radius 1 is 1.19 bits per heavy atom. The monoisotopic (exact) mass is 436 g/mol. The number of hydrogen-bond acceptors (Lipinski definition) is 6. The molecule has 2 aromatic heterocycles. The van der Waals surface area contributed by atoms with Crippen LogP contribution in [0.1, 0.15) is 50.5 Å². The van der Waals surface area contributed by atoms with Gasteiger partial charge in [-0.2, -0.15) is 0 Å². The van der Waals surface area contributed by atoms with Crippen LogP contribution in [0.15, 0.2) is 39.5 Å². The zero-order valence-corrected chi connectivity index (χ0v) is 19.5. The van der Waals surface area contributed by atoms with Crippen LogP contribution in [0.2, 0.25) is 0 Å². The van der Waals surface area contributed by atoms with Crippen LogP contribution in [0.4, 0.5) is 0 Å². The molecule has 2 aromatic carbocycles. The molecule has 0 bridgehead atoms. The minimum Gasteiger partial charge on any atom is -0.507 e. The Kier molecular flexibility index (Phi) is 5.86. The van der Waals surface area contributed by atoms with Crippen LogP contribution in [0.5, 0.6) is 5.75 Å². The number of phenolic OH excluding ortho intramolecular Hbond substituents is 1. The highest BCUT2D eigenvalue weighted by molar-refractivity contribution is 7.21. The Hall–Kier alpha value is -2.70. The second kappa shape index (κ2) is 8.44. The van der Waals surface area contributed by atoms with Crippen LogP contribution >= 0.6 is 11.3 Å². The van der Waals surface area contributed by atoms with Crippen LogP contribution in [0.25, 0.3) is 31.8 Å². The Bertz CT molecular complexity index is 1280. The number of fused-ring (bicyclic) bond motifs is 2. The molecule has 0 radical (unpaired) electrons. The predicted molar refractivity (Wildman–Crippen MR) is 128 cm³/mol. The van der Waals surface area contributed by atoms with Crippen LogP contribution < -0.4 is 5.43 Å². The van der Waals surface area contributed by atoms with E-state index in [1.165, 1.54) is 11.3 Å². The van der Waals surface area contributed by atoms with E-state index in [9.17, 15) is 9.90 Å². The summed E-state index contributed by atoms with van der Waals surface area (Å²) in [5.74, 6) is 0.802. The molecule has 0 amide bonds. The molecule has 0 saturated heterocycles. The molecule has 4 rings (SSSR count). The van der Waals surface area contributed by atoms with E-state index in [4.69, 9.17) is 9.40 Å². The summed E-state index contributed by atoms with van der Waals surface area (Å²) in [7, 11) is 0. The minimum atomic E-state index is -0.0899. The number of benzene rings is 2. The number of phenols is 1. The lowest BCUT2D eigenvalue weighted by molar-refractivity contribution is 0.290. The number of aromatic nitrogens is 1. The summed E-state index contributed by atoms with van der Waals surface area (Å²) >= 11 is 1.51. The first-order chi connectivity index (χ1) is 14.8. The summed E-state index contributed by atoms with van der Waals surface area (Å²) in [6, 6.07) is 9.69. The molecule has 1 N–H and O–H groups in total. The first-order valence-electron chi connectivity index (χ1n) is 10.8. The first-order valence-corrected chi connectivity index (χ1v) is 11.6. The average molecular weight is 437 g/mol. The highest BCUT2D eigenvalue weighted by Crippen LogP contribution is 2.37. The van der Waals surface area contributed by atoms with Crippen molar-refractivity contribution in [3.8, 4) is 16.3 Å². The fraction of sp³-hybridized carbons (Fsp3) is 0.360. The van der Waals surface area contributed by atoms with Gasteiger partial charge in [-0.05, 0) is 38.2 Å². The summed E-state index contributed by atoms with van der Waals surface area (Å²) in [4.78, 5) is 20.7. The fourth-order valence-electron chi connectivity index (χ4n) is 3.96. The van der Waals surface area contributed by atoms with Gasteiger partial charge in [0.25, 0.3) is 0 Å². The largest absolute Gasteiger partial charge is 0.507 e. The van der Waals surface area contributed by atoms with Crippen LogP contribution in [0, 0.1) is 6.92 Å². The van der Waals surface area contributed by atoms with Crippen molar-refractivity contribution in [1.82, 2.24) is 9.88 Å². The quantitative estimate of drug-likeness (QED) is 0.399. The van der Waals surface area contributed by atoms with Crippen molar-refractivity contribution in [3.63, 3.8) is 0 Å². The van der Waals surface area contributed by atoms with Gasteiger partial charge in [-0.1, -0.05) is 39.8 Å². The van der Waals surface area contributed by atoms with Crippen molar-refractivity contribution >= 4 is 32.5 Å². The van der Waals surface area contributed by atoms with E-state index in [0.29, 0.717) is 39.4 Å². The molecule has 0 aliphatic rings. The zero-order valence-electron chi connectivity index (χ0n) is 18.7. The Morgan fingerprint density at radius 2 is 1.90 bits per heavy atom. The number of aryl methyl sites for hydroxylation is 1. The van der Waals surface area contributed by atoms with E-state index in [-0.39, 0.29) is 17.1 Å². The normalized spacial score (nSPS) is 12.0. The van der Waals surface area contributed by atoms with Crippen molar-refractivity contribution in [2.45, 2.75) is 47.1 Å². The molecule has 6 heteroatoms. The molecule has 0 spiro atoms. The highest BCUT2D eigenvalue weighted by atomic mass is 32.1. The fourth-order valence-corrected chi connectivity index (χ4v) is 4.98. The predicted octanol–water partition coefficient (Wildman–Crippen LogP) is 6.05. The third kappa shape index (κ3) is 3.75. The summed E-state index contributed by atoms with van der Waals surface area (Å²) in [6.45, 7) is 12.3. The molecule has 162 valence electrons. The maximum absolute atomic E-state index is 13.8. The molecular formula is C25H28N2O3S. The van der Waals surface area contributed by atoms with Gasteiger partial charge in [0.15, 0.2) is 0 Å². The third-order valence-corrected chi connectivity index (χ3v) is 6.87. The van der Waals surface area contributed by atoms with Gasteiger partial charge >= 0.3 is 0 Å². The van der Waals surface area contributed by atoms with E-state index in [1.54, 1.807) is 6.07 Å². The van der Waals surface area contributed by atoms with Crippen molar-refractivity contribution in [3.05, 3.63) is 57.4 Å². The Morgan fingerprint density at radius 3 is 2.55 bits per heavy atom. The lowest BCUT2D eigenvalue weighted by Crippen LogP contribution is -2.22. The van der Waals surface area contributed by atoms with Crippen molar-refractivity contribution in [1.29, 1.82) is 0 Å². The molecule has 0 unspecified atom stereocenters. The number of thiazole rings is 1. The van der Waals surface area contributed by atoms with Gasteiger partial charge in [0, 0.05) is 23.6 Å². The summed E-state index contributed by atoms with van der Waals surface area (Å²) in [5, 5.41) is 12.0. The average Bonchev–Trinajstić information content (AvgIpc) is 3.19. The van der Waals surface area contributed by atoms with Crippen molar-refractivity contribution < 1.29 is 9.52 Å². The molecule has 0 fully saturated rings. The second-order valence-corrected chi connectivity index (χ2v) is 9.19. The number of para-hydroxylation sites is 1. The molecule has 0 aliphatic carbocycles.